The van der Waals surface area contributed by atoms with E-state index in [9.17, 15) is 0 Å². The molecule has 1 heterocycles. The van der Waals surface area contributed by atoms with Gasteiger partial charge in [0.1, 0.15) is 0 Å². The standard InChI is InChI=1S/C13H16Br2O/c1-9-12(5-6-16-9)13(15)8-10-3-2-4-11(14)7-10/h2-4,7,9,12-13H,5-6,8H2,1H3. The second-order valence-electron chi connectivity index (χ2n) is 4.38. The van der Waals surface area contributed by atoms with Gasteiger partial charge >= 0.3 is 0 Å². The van der Waals surface area contributed by atoms with Gasteiger partial charge in [0.15, 0.2) is 0 Å². The van der Waals surface area contributed by atoms with Gasteiger partial charge in [-0.1, -0.05) is 44.0 Å². The lowest BCUT2D eigenvalue weighted by Crippen LogP contribution is -2.23. The van der Waals surface area contributed by atoms with E-state index in [-0.39, 0.29) is 0 Å². The van der Waals surface area contributed by atoms with E-state index in [0.29, 0.717) is 16.8 Å². The highest BCUT2D eigenvalue weighted by Gasteiger charge is 2.30. The van der Waals surface area contributed by atoms with Crippen LogP contribution in [0.5, 0.6) is 0 Å². The summed E-state index contributed by atoms with van der Waals surface area (Å²) in [6.07, 6.45) is 2.62. The molecule has 1 nitrogen and oxygen atoms in total. The van der Waals surface area contributed by atoms with Crippen molar-refractivity contribution in [2.45, 2.75) is 30.7 Å². The minimum absolute atomic E-state index is 0.386. The molecule has 0 bridgehead atoms. The van der Waals surface area contributed by atoms with Crippen LogP contribution in [-0.4, -0.2) is 17.5 Å². The van der Waals surface area contributed by atoms with Crippen LogP contribution in [0.4, 0.5) is 0 Å². The van der Waals surface area contributed by atoms with Crippen LogP contribution in [0.1, 0.15) is 18.9 Å². The largest absolute Gasteiger partial charge is 0.378 e. The molecule has 0 saturated carbocycles. The number of benzene rings is 1. The summed E-state index contributed by atoms with van der Waals surface area (Å²) in [4.78, 5) is 0.513. The fourth-order valence-electron chi connectivity index (χ4n) is 2.26. The highest BCUT2D eigenvalue weighted by atomic mass is 79.9. The molecule has 0 amide bonds. The first-order valence-corrected chi connectivity index (χ1v) is 7.38. The maximum Gasteiger partial charge on any atom is 0.0586 e. The molecule has 16 heavy (non-hydrogen) atoms. The van der Waals surface area contributed by atoms with Crippen LogP contribution in [0.2, 0.25) is 0 Å². The van der Waals surface area contributed by atoms with Crippen molar-refractivity contribution in [2.24, 2.45) is 5.92 Å². The third-order valence-corrected chi connectivity index (χ3v) is 4.72. The Balaban J connectivity index is 1.99. The average Bonchev–Trinajstić information content (AvgIpc) is 2.64. The number of hydrogen-bond acceptors (Lipinski definition) is 1. The van der Waals surface area contributed by atoms with Crippen LogP contribution in [0.3, 0.4) is 0 Å². The molecule has 3 atom stereocenters. The smallest absolute Gasteiger partial charge is 0.0586 e. The Labute approximate surface area is 114 Å². The van der Waals surface area contributed by atoms with Crippen molar-refractivity contribution >= 4 is 31.9 Å². The van der Waals surface area contributed by atoms with Crippen LogP contribution in [0, 0.1) is 5.92 Å². The number of ether oxygens (including phenoxy) is 1. The van der Waals surface area contributed by atoms with Gasteiger partial charge < -0.3 is 4.74 Å². The Kier molecular flexibility index (Phi) is 4.45. The van der Waals surface area contributed by atoms with E-state index in [4.69, 9.17) is 4.74 Å². The summed E-state index contributed by atoms with van der Waals surface area (Å²) < 4.78 is 6.76. The SMILES string of the molecule is CC1OCCC1C(Br)Cc1cccc(Br)c1. The molecule has 3 heteroatoms. The highest BCUT2D eigenvalue weighted by Crippen LogP contribution is 2.30. The molecule has 1 fully saturated rings. The first kappa shape index (κ1) is 12.6. The molecule has 2 rings (SSSR count). The maximum absolute atomic E-state index is 5.61. The fourth-order valence-corrected chi connectivity index (χ4v) is 3.78. The summed E-state index contributed by atoms with van der Waals surface area (Å²) in [5.41, 5.74) is 1.37. The van der Waals surface area contributed by atoms with E-state index in [1.807, 2.05) is 0 Å². The van der Waals surface area contributed by atoms with E-state index in [1.54, 1.807) is 0 Å². The van der Waals surface area contributed by atoms with Gasteiger partial charge in [-0.2, -0.15) is 0 Å². The van der Waals surface area contributed by atoms with Crippen molar-refractivity contribution in [3.63, 3.8) is 0 Å². The number of alkyl halides is 1. The molecule has 1 aromatic carbocycles. The summed E-state index contributed by atoms with van der Waals surface area (Å²) in [5.74, 6) is 0.638. The monoisotopic (exact) mass is 346 g/mol. The average molecular weight is 348 g/mol. The zero-order valence-electron chi connectivity index (χ0n) is 9.33. The zero-order valence-corrected chi connectivity index (χ0v) is 12.5. The molecule has 0 spiro atoms. The van der Waals surface area contributed by atoms with Crippen LogP contribution in [0.15, 0.2) is 28.7 Å². The van der Waals surface area contributed by atoms with Crippen molar-refractivity contribution in [3.8, 4) is 0 Å². The molecule has 0 N–H and O–H groups in total. The summed E-state index contributed by atoms with van der Waals surface area (Å²) >= 11 is 7.32. The van der Waals surface area contributed by atoms with E-state index >= 15 is 0 Å². The second-order valence-corrected chi connectivity index (χ2v) is 6.47. The Morgan fingerprint density at radius 3 is 2.94 bits per heavy atom. The first-order chi connectivity index (χ1) is 7.66. The molecular weight excluding hydrogens is 332 g/mol. The van der Waals surface area contributed by atoms with Gasteiger partial charge in [-0.15, -0.1) is 0 Å². The number of halogens is 2. The third-order valence-electron chi connectivity index (χ3n) is 3.22. The minimum Gasteiger partial charge on any atom is -0.378 e. The molecule has 1 aromatic rings. The number of hydrogen-bond donors (Lipinski definition) is 0. The van der Waals surface area contributed by atoms with Crippen molar-refractivity contribution in [1.82, 2.24) is 0 Å². The van der Waals surface area contributed by atoms with Gasteiger partial charge in [-0.05, 0) is 43.4 Å². The van der Waals surface area contributed by atoms with Gasteiger partial charge in [0.2, 0.25) is 0 Å². The Morgan fingerprint density at radius 1 is 1.50 bits per heavy atom. The fraction of sp³-hybridized carbons (Fsp3) is 0.538. The molecule has 1 aliphatic heterocycles. The minimum atomic E-state index is 0.386. The molecule has 0 aliphatic carbocycles. The normalized spacial score (nSPS) is 26.9. The third kappa shape index (κ3) is 3.08. The van der Waals surface area contributed by atoms with Gasteiger partial charge in [-0.3, -0.25) is 0 Å². The summed E-state index contributed by atoms with van der Waals surface area (Å²) in [6.45, 7) is 3.08. The van der Waals surface area contributed by atoms with Crippen LogP contribution in [-0.2, 0) is 11.2 Å². The van der Waals surface area contributed by atoms with Crippen molar-refractivity contribution in [2.75, 3.05) is 6.61 Å². The quantitative estimate of drug-likeness (QED) is 0.745. The van der Waals surface area contributed by atoms with Crippen molar-refractivity contribution in [1.29, 1.82) is 0 Å². The molecule has 1 aliphatic rings. The Morgan fingerprint density at radius 2 is 2.31 bits per heavy atom. The lowest BCUT2D eigenvalue weighted by molar-refractivity contribution is 0.105. The highest BCUT2D eigenvalue weighted by molar-refractivity contribution is 9.10. The molecule has 0 aromatic heterocycles. The lowest BCUT2D eigenvalue weighted by Gasteiger charge is -2.20. The zero-order chi connectivity index (χ0) is 11.5. The van der Waals surface area contributed by atoms with Crippen molar-refractivity contribution < 1.29 is 4.74 Å². The van der Waals surface area contributed by atoms with E-state index in [0.717, 1.165) is 17.5 Å². The van der Waals surface area contributed by atoms with Crippen molar-refractivity contribution in [3.05, 3.63) is 34.3 Å². The first-order valence-electron chi connectivity index (χ1n) is 5.67. The predicted octanol–water partition coefficient (Wildman–Crippen LogP) is 4.18. The molecule has 0 radical (unpaired) electrons. The van der Waals surface area contributed by atoms with Gasteiger partial charge in [0.25, 0.3) is 0 Å². The van der Waals surface area contributed by atoms with Gasteiger partial charge in [0.05, 0.1) is 6.10 Å². The summed E-state index contributed by atoms with van der Waals surface area (Å²) in [7, 11) is 0. The van der Waals surface area contributed by atoms with Gasteiger partial charge in [0, 0.05) is 15.9 Å². The van der Waals surface area contributed by atoms with E-state index < -0.39 is 0 Å². The maximum atomic E-state index is 5.61. The van der Waals surface area contributed by atoms with E-state index in [1.165, 1.54) is 12.0 Å². The number of rotatable bonds is 3. The molecule has 3 unspecified atom stereocenters. The molecule has 1 saturated heterocycles. The lowest BCUT2D eigenvalue weighted by atomic mass is 9.94. The second kappa shape index (κ2) is 5.65. The predicted molar refractivity (Wildman–Crippen MR) is 74.1 cm³/mol. The van der Waals surface area contributed by atoms with Gasteiger partial charge in [-0.25, -0.2) is 0 Å². The molecule has 88 valence electrons. The Bertz CT molecular complexity index is 354. The van der Waals surface area contributed by atoms with Crippen LogP contribution < -0.4 is 0 Å². The topological polar surface area (TPSA) is 9.23 Å². The van der Waals surface area contributed by atoms with Crippen LogP contribution in [0.25, 0.3) is 0 Å². The molecular formula is C13H16Br2O. The summed E-state index contributed by atoms with van der Waals surface area (Å²) in [5, 5.41) is 0. The Hall–Kier alpha value is 0.140. The summed E-state index contributed by atoms with van der Waals surface area (Å²) in [6, 6.07) is 8.52. The van der Waals surface area contributed by atoms with E-state index in [2.05, 4.69) is 63.0 Å². The van der Waals surface area contributed by atoms with Crippen LogP contribution >= 0.6 is 31.9 Å².